The largest absolute Gasteiger partial charge is 0.460 e. The van der Waals surface area contributed by atoms with Crippen LogP contribution in [0.4, 0.5) is 48.3 Å². The van der Waals surface area contributed by atoms with Crippen molar-refractivity contribution >= 4 is 22.6 Å². The third-order valence-corrected chi connectivity index (χ3v) is 6.94. The SMILES string of the molecule is CCCCCCCCCCC(I)(CC)CC(F)(F)C(F)(F)C(F)(F)C(F)(F)C(F)(F)F. The van der Waals surface area contributed by atoms with E-state index in [1.165, 1.54) is 29.5 Å². The van der Waals surface area contributed by atoms with Gasteiger partial charge in [-0.2, -0.15) is 48.3 Å². The molecule has 31 heavy (non-hydrogen) atoms. The van der Waals surface area contributed by atoms with Gasteiger partial charge in [-0.3, -0.25) is 0 Å². The van der Waals surface area contributed by atoms with E-state index in [1.54, 1.807) is 0 Å². The molecule has 0 aromatic carbocycles. The summed E-state index contributed by atoms with van der Waals surface area (Å²) in [5.41, 5.74) is 0. The summed E-state index contributed by atoms with van der Waals surface area (Å²) in [5, 5.41) is 0. The Balaban J connectivity index is 5.21. The van der Waals surface area contributed by atoms with E-state index < -0.39 is 39.7 Å². The maximum Gasteiger partial charge on any atom is 0.460 e. The smallest absolute Gasteiger partial charge is 0.200 e. The predicted octanol–water partition coefficient (Wildman–Crippen LogP) is 9.59. The highest BCUT2D eigenvalue weighted by Crippen LogP contribution is 2.59. The monoisotopic (exact) mass is 592 g/mol. The number of halogens is 12. The Bertz CT molecular complexity index is 531. The van der Waals surface area contributed by atoms with Gasteiger partial charge in [0, 0.05) is 9.84 Å². The molecule has 0 radical (unpaired) electrons. The van der Waals surface area contributed by atoms with Crippen LogP contribution in [0.5, 0.6) is 0 Å². The molecule has 0 aliphatic rings. The Hall–Kier alpha value is -0.0400. The molecule has 0 spiro atoms. The first-order valence-corrected chi connectivity index (χ1v) is 11.2. The van der Waals surface area contributed by atoms with Crippen LogP contribution >= 0.6 is 22.6 Å². The van der Waals surface area contributed by atoms with Gasteiger partial charge in [-0.15, -0.1) is 0 Å². The van der Waals surface area contributed by atoms with Gasteiger partial charge in [-0.1, -0.05) is 87.8 Å². The van der Waals surface area contributed by atoms with Gasteiger partial charge in [-0.25, -0.2) is 0 Å². The van der Waals surface area contributed by atoms with Crippen LogP contribution in [0, 0.1) is 0 Å². The Labute approximate surface area is 188 Å². The molecule has 0 aliphatic heterocycles. The fourth-order valence-electron chi connectivity index (χ4n) is 3.08. The molecule has 0 N–H and O–H groups in total. The van der Waals surface area contributed by atoms with Crippen molar-refractivity contribution in [2.24, 2.45) is 0 Å². The van der Waals surface area contributed by atoms with Crippen molar-refractivity contribution in [2.45, 2.75) is 118 Å². The normalized spacial score (nSPS) is 16.5. The Morgan fingerprint density at radius 2 is 0.968 bits per heavy atom. The molecule has 1 unspecified atom stereocenters. The zero-order valence-corrected chi connectivity index (χ0v) is 19.5. The van der Waals surface area contributed by atoms with E-state index in [4.69, 9.17) is 0 Å². The summed E-state index contributed by atoms with van der Waals surface area (Å²) in [5.74, 6) is -27.4. The molecule has 0 rings (SSSR count). The molecule has 0 bridgehead atoms. The zero-order chi connectivity index (χ0) is 24.8. The van der Waals surface area contributed by atoms with Crippen LogP contribution in [0.3, 0.4) is 0 Å². The number of rotatable bonds is 15. The van der Waals surface area contributed by atoms with Gasteiger partial charge in [-0.05, 0) is 12.8 Å². The lowest BCUT2D eigenvalue weighted by Gasteiger charge is -2.40. The van der Waals surface area contributed by atoms with E-state index in [-0.39, 0.29) is 12.8 Å². The van der Waals surface area contributed by atoms with E-state index in [0.717, 1.165) is 38.5 Å². The molecule has 0 aromatic heterocycles. The highest BCUT2D eigenvalue weighted by atomic mass is 127. The Morgan fingerprint density at radius 1 is 0.548 bits per heavy atom. The van der Waals surface area contributed by atoms with Gasteiger partial charge in [0.1, 0.15) is 0 Å². The highest BCUT2D eigenvalue weighted by molar-refractivity contribution is 14.1. The molecular weight excluding hydrogens is 564 g/mol. The Morgan fingerprint density at radius 3 is 1.35 bits per heavy atom. The minimum atomic E-state index is -7.33. The van der Waals surface area contributed by atoms with Gasteiger partial charge in [0.05, 0.1) is 0 Å². The van der Waals surface area contributed by atoms with Crippen molar-refractivity contribution in [1.29, 1.82) is 0 Å². The van der Waals surface area contributed by atoms with E-state index in [2.05, 4.69) is 0 Å². The van der Waals surface area contributed by atoms with Crippen LogP contribution in [0.15, 0.2) is 0 Å². The summed E-state index contributed by atoms with van der Waals surface area (Å²) in [6.07, 6.45) is -2.69. The number of hydrogen-bond acceptors (Lipinski definition) is 0. The van der Waals surface area contributed by atoms with Crippen molar-refractivity contribution in [3.05, 3.63) is 0 Å². The maximum atomic E-state index is 14.1. The maximum absolute atomic E-state index is 14.1. The van der Waals surface area contributed by atoms with Crippen LogP contribution in [0.1, 0.15) is 84.5 Å². The molecule has 0 saturated heterocycles. The first kappa shape index (κ1) is 31.0. The molecular formula is C19H28F11I. The predicted molar refractivity (Wildman–Crippen MR) is 105 cm³/mol. The third kappa shape index (κ3) is 7.48. The highest BCUT2D eigenvalue weighted by Gasteiger charge is 2.87. The standard InChI is InChI=1S/C19H28F11I/c1-3-5-6-7-8-9-10-11-12-14(31,4-2)13-15(20,21)16(22,23)17(24,25)18(26,27)19(28,29)30/h3-13H2,1-2H3. The second-order valence-corrected chi connectivity index (χ2v) is 10.1. The van der Waals surface area contributed by atoms with Gasteiger partial charge in [0.25, 0.3) is 0 Å². The quantitative estimate of drug-likeness (QED) is 0.0769. The number of alkyl halides is 12. The van der Waals surface area contributed by atoms with E-state index in [0.29, 0.717) is 12.8 Å². The topological polar surface area (TPSA) is 0 Å². The molecule has 0 amide bonds. The molecule has 0 nitrogen and oxygen atoms in total. The molecule has 188 valence electrons. The van der Waals surface area contributed by atoms with Crippen molar-refractivity contribution in [2.75, 3.05) is 0 Å². The van der Waals surface area contributed by atoms with Gasteiger partial charge < -0.3 is 0 Å². The van der Waals surface area contributed by atoms with Crippen LogP contribution < -0.4 is 0 Å². The molecule has 0 fully saturated rings. The molecule has 0 saturated carbocycles. The van der Waals surface area contributed by atoms with Gasteiger partial charge in [0.2, 0.25) is 0 Å². The van der Waals surface area contributed by atoms with Crippen molar-refractivity contribution in [1.82, 2.24) is 0 Å². The van der Waals surface area contributed by atoms with Crippen molar-refractivity contribution < 1.29 is 48.3 Å². The summed E-state index contributed by atoms with van der Waals surface area (Å²) in [6.45, 7) is 3.37. The zero-order valence-electron chi connectivity index (χ0n) is 17.3. The summed E-state index contributed by atoms with van der Waals surface area (Å²) >= 11 is 1.38. The first-order valence-electron chi connectivity index (χ1n) is 10.1. The van der Waals surface area contributed by atoms with Crippen LogP contribution in [-0.2, 0) is 0 Å². The summed E-state index contributed by atoms with van der Waals surface area (Å²) in [6, 6.07) is 0. The van der Waals surface area contributed by atoms with Crippen LogP contribution in [0.25, 0.3) is 0 Å². The summed E-state index contributed by atoms with van der Waals surface area (Å²) < 4.78 is 143. The van der Waals surface area contributed by atoms with E-state index in [1.807, 2.05) is 6.92 Å². The lowest BCUT2D eigenvalue weighted by Crippen LogP contribution is -2.67. The molecule has 0 aromatic rings. The molecule has 0 aliphatic carbocycles. The average molecular weight is 592 g/mol. The first-order chi connectivity index (χ1) is 13.8. The molecule has 12 heteroatoms. The van der Waals surface area contributed by atoms with E-state index in [9.17, 15) is 48.3 Å². The van der Waals surface area contributed by atoms with E-state index >= 15 is 0 Å². The fourth-order valence-corrected chi connectivity index (χ4v) is 3.94. The van der Waals surface area contributed by atoms with Crippen molar-refractivity contribution in [3.63, 3.8) is 0 Å². The second-order valence-electron chi connectivity index (χ2n) is 7.83. The minimum Gasteiger partial charge on any atom is -0.200 e. The van der Waals surface area contributed by atoms with Crippen molar-refractivity contribution in [3.8, 4) is 0 Å². The molecule has 1 atom stereocenters. The lowest BCUT2D eigenvalue weighted by molar-refractivity contribution is -0.422. The van der Waals surface area contributed by atoms with Gasteiger partial charge in [0.15, 0.2) is 0 Å². The number of hydrogen-bond donors (Lipinski definition) is 0. The fraction of sp³-hybridized carbons (Fsp3) is 1.00. The second kappa shape index (κ2) is 11.4. The lowest BCUT2D eigenvalue weighted by atomic mass is 9.87. The van der Waals surface area contributed by atoms with Crippen LogP contribution in [-0.4, -0.2) is 33.3 Å². The third-order valence-electron chi connectivity index (χ3n) is 5.25. The average Bonchev–Trinajstić information content (AvgIpc) is 2.62. The number of unbranched alkanes of at least 4 members (excludes halogenated alkanes) is 7. The van der Waals surface area contributed by atoms with Gasteiger partial charge >= 0.3 is 29.9 Å². The summed E-state index contributed by atoms with van der Waals surface area (Å²) in [7, 11) is 0. The summed E-state index contributed by atoms with van der Waals surface area (Å²) in [4.78, 5) is 0. The molecule has 0 heterocycles. The van der Waals surface area contributed by atoms with Crippen LogP contribution in [0.2, 0.25) is 0 Å². The Kier molecular flexibility index (Phi) is 11.4. The minimum absolute atomic E-state index is 0.0913.